The van der Waals surface area contributed by atoms with Crippen molar-refractivity contribution in [3.8, 4) is 0 Å². The predicted octanol–water partition coefficient (Wildman–Crippen LogP) is 2.82. The molecular formula is C19H30N4O2. The van der Waals surface area contributed by atoms with Gasteiger partial charge in [-0.1, -0.05) is 6.92 Å². The van der Waals surface area contributed by atoms with E-state index >= 15 is 0 Å². The summed E-state index contributed by atoms with van der Waals surface area (Å²) in [6.07, 6.45) is 2.12. The first-order chi connectivity index (χ1) is 11.8. The molecule has 6 nitrogen and oxygen atoms in total. The zero-order valence-electron chi connectivity index (χ0n) is 15.7. The van der Waals surface area contributed by atoms with Crippen LogP contribution in [-0.4, -0.2) is 48.1 Å². The quantitative estimate of drug-likeness (QED) is 0.785. The van der Waals surface area contributed by atoms with E-state index in [1.807, 2.05) is 20.8 Å². The fraction of sp³-hybridized carbons (Fsp3) is 0.579. The molecule has 1 saturated heterocycles. The number of likely N-dealkylation sites (N-methyl/N-ethyl adjacent to an activating group) is 1. The molecule has 1 aliphatic heterocycles. The fourth-order valence-corrected chi connectivity index (χ4v) is 2.93. The van der Waals surface area contributed by atoms with Crippen LogP contribution in [0.4, 0.5) is 10.5 Å². The van der Waals surface area contributed by atoms with Crippen molar-refractivity contribution in [3.63, 3.8) is 0 Å². The molecule has 0 aromatic heterocycles. The van der Waals surface area contributed by atoms with E-state index < -0.39 is 0 Å². The molecule has 3 N–H and O–H groups in total. The summed E-state index contributed by atoms with van der Waals surface area (Å²) in [5.74, 6) is -0.120. The second-order valence-corrected chi connectivity index (χ2v) is 7.61. The van der Waals surface area contributed by atoms with Crippen LogP contribution >= 0.6 is 0 Å². The molecule has 0 radical (unpaired) electrons. The second kappa shape index (κ2) is 8.34. The van der Waals surface area contributed by atoms with Gasteiger partial charge in [0.25, 0.3) is 5.91 Å². The summed E-state index contributed by atoms with van der Waals surface area (Å²) in [4.78, 5) is 26.6. The van der Waals surface area contributed by atoms with E-state index in [2.05, 4.69) is 27.8 Å². The maximum absolute atomic E-state index is 12.2. The molecule has 1 atom stereocenters. The summed E-state index contributed by atoms with van der Waals surface area (Å²) in [7, 11) is 0. The number of hydrogen-bond acceptors (Lipinski definition) is 3. The van der Waals surface area contributed by atoms with Crippen molar-refractivity contribution in [2.24, 2.45) is 0 Å². The van der Waals surface area contributed by atoms with Crippen molar-refractivity contribution >= 4 is 17.6 Å². The molecule has 138 valence electrons. The Kier molecular flexibility index (Phi) is 6.42. The number of carbonyl (C=O) groups is 2. The lowest BCUT2D eigenvalue weighted by atomic mass is 10.1. The van der Waals surface area contributed by atoms with Gasteiger partial charge < -0.3 is 20.9 Å². The minimum absolute atomic E-state index is 0.120. The molecule has 1 aromatic carbocycles. The molecule has 1 fully saturated rings. The molecule has 3 amide bonds. The van der Waals surface area contributed by atoms with Crippen LogP contribution in [0.2, 0.25) is 0 Å². The molecular weight excluding hydrogens is 316 g/mol. The van der Waals surface area contributed by atoms with Crippen molar-refractivity contribution in [1.82, 2.24) is 15.5 Å². The number of carbonyl (C=O) groups excluding carboxylic acids is 2. The maximum atomic E-state index is 12.2. The second-order valence-electron chi connectivity index (χ2n) is 7.61. The third-order valence-electron chi connectivity index (χ3n) is 4.18. The maximum Gasteiger partial charge on any atom is 0.319 e. The topological polar surface area (TPSA) is 73.5 Å². The van der Waals surface area contributed by atoms with E-state index in [1.165, 1.54) is 0 Å². The van der Waals surface area contributed by atoms with E-state index in [1.54, 1.807) is 24.3 Å². The molecule has 0 saturated carbocycles. The van der Waals surface area contributed by atoms with Gasteiger partial charge in [-0.25, -0.2) is 4.79 Å². The first-order valence-electron chi connectivity index (χ1n) is 8.99. The summed E-state index contributed by atoms with van der Waals surface area (Å²) in [6, 6.07) is 6.92. The number of rotatable bonds is 4. The van der Waals surface area contributed by atoms with Crippen LogP contribution in [-0.2, 0) is 0 Å². The van der Waals surface area contributed by atoms with Gasteiger partial charge in [0, 0.05) is 29.4 Å². The lowest BCUT2D eigenvalue weighted by molar-refractivity contribution is 0.0919. The molecule has 2 rings (SSSR count). The van der Waals surface area contributed by atoms with Gasteiger partial charge in [0.1, 0.15) is 0 Å². The van der Waals surface area contributed by atoms with Gasteiger partial charge in [-0.05, 0) is 71.0 Å². The number of benzene rings is 1. The zero-order valence-corrected chi connectivity index (χ0v) is 15.7. The number of anilines is 1. The van der Waals surface area contributed by atoms with Gasteiger partial charge in [-0.3, -0.25) is 4.79 Å². The highest BCUT2D eigenvalue weighted by molar-refractivity contribution is 5.95. The SMILES string of the molecule is CCN1CCCC(NC(=O)Nc2ccc(C(=O)NC(C)(C)C)cc2)C1. The fourth-order valence-electron chi connectivity index (χ4n) is 2.93. The Balaban J connectivity index is 1.86. The smallest absolute Gasteiger partial charge is 0.319 e. The summed E-state index contributed by atoms with van der Waals surface area (Å²) < 4.78 is 0. The Morgan fingerprint density at radius 1 is 1.20 bits per heavy atom. The molecule has 0 aliphatic carbocycles. The molecule has 1 aromatic rings. The van der Waals surface area contributed by atoms with E-state index in [0.29, 0.717) is 11.3 Å². The zero-order chi connectivity index (χ0) is 18.4. The van der Waals surface area contributed by atoms with Crippen LogP contribution in [0.1, 0.15) is 50.9 Å². The Morgan fingerprint density at radius 2 is 1.88 bits per heavy atom. The predicted molar refractivity (Wildman–Crippen MR) is 101 cm³/mol. The van der Waals surface area contributed by atoms with Crippen molar-refractivity contribution in [3.05, 3.63) is 29.8 Å². The summed E-state index contributed by atoms with van der Waals surface area (Å²) in [5, 5.41) is 8.78. The van der Waals surface area contributed by atoms with Gasteiger partial charge in [-0.2, -0.15) is 0 Å². The number of hydrogen-bond donors (Lipinski definition) is 3. The minimum atomic E-state index is -0.278. The van der Waals surface area contributed by atoms with Crippen LogP contribution in [0.15, 0.2) is 24.3 Å². The lowest BCUT2D eigenvalue weighted by Crippen LogP contribution is -2.48. The van der Waals surface area contributed by atoms with Crippen LogP contribution in [0.3, 0.4) is 0 Å². The number of amides is 3. The molecule has 1 aliphatic rings. The first kappa shape index (κ1) is 19.2. The lowest BCUT2D eigenvalue weighted by Gasteiger charge is -2.32. The summed E-state index contributed by atoms with van der Waals surface area (Å²) in [6.45, 7) is 11.0. The van der Waals surface area contributed by atoms with Crippen molar-refractivity contribution < 1.29 is 9.59 Å². The number of likely N-dealkylation sites (tertiary alicyclic amines) is 1. The Hall–Kier alpha value is -2.08. The molecule has 0 spiro atoms. The van der Waals surface area contributed by atoms with Crippen molar-refractivity contribution in [1.29, 1.82) is 0 Å². The number of urea groups is 1. The van der Waals surface area contributed by atoms with Gasteiger partial charge in [0.05, 0.1) is 0 Å². The van der Waals surface area contributed by atoms with Crippen LogP contribution < -0.4 is 16.0 Å². The Morgan fingerprint density at radius 3 is 2.48 bits per heavy atom. The van der Waals surface area contributed by atoms with E-state index in [4.69, 9.17) is 0 Å². The van der Waals surface area contributed by atoms with E-state index in [0.717, 1.165) is 32.5 Å². The average Bonchev–Trinajstić information content (AvgIpc) is 2.54. The van der Waals surface area contributed by atoms with Crippen LogP contribution in [0, 0.1) is 0 Å². The van der Waals surface area contributed by atoms with Gasteiger partial charge in [-0.15, -0.1) is 0 Å². The number of nitrogens with one attached hydrogen (secondary N) is 3. The standard InChI is InChI=1S/C19H30N4O2/c1-5-23-12-6-7-16(13-23)21-18(25)20-15-10-8-14(9-11-15)17(24)22-19(2,3)4/h8-11,16H,5-7,12-13H2,1-4H3,(H,22,24)(H2,20,21,25). The highest BCUT2D eigenvalue weighted by Crippen LogP contribution is 2.12. The van der Waals surface area contributed by atoms with Crippen molar-refractivity contribution in [2.75, 3.05) is 25.0 Å². The summed E-state index contributed by atoms with van der Waals surface area (Å²) in [5.41, 5.74) is 0.972. The number of piperidine rings is 1. The number of nitrogens with zero attached hydrogens (tertiary/aromatic N) is 1. The first-order valence-corrected chi connectivity index (χ1v) is 8.99. The molecule has 25 heavy (non-hydrogen) atoms. The summed E-state index contributed by atoms with van der Waals surface area (Å²) >= 11 is 0. The third kappa shape index (κ3) is 6.38. The molecule has 1 unspecified atom stereocenters. The van der Waals surface area contributed by atoms with Crippen LogP contribution in [0.25, 0.3) is 0 Å². The van der Waals surface area contributed by atoms with Gasteiger partial charge in [0.15, 0.2) is 0 Å². The van der Waals surface area contributed by atoms with Gasteiger partial charge >= 0.3 is 6.03 Å². The van der Waals surface area contributed by atoms with Gasteiger partial charge in [0.2, 0.25) is 0 Å². The Labute approximate surface area is 150 Å². The minimum Gasteiger partial charge on any atom is -0.347 e. The van der Waals surface area contributed by atoms with E-state index in [-0.39, 0.29) is 23.5 Å². The Bertz CT molecular complexity index is 592. The van der Waals surface area contributed by atoms with E-state index in [9.17, 15) is 9.59 Å². The van der Waals surface area contributed by atoms with Crippen LogP contribution in [0.5, 0.6) is 0 Å². The highest BCUT2D eigenvalue weighted by atomic mass is 16.2. The third-order valence-corrected chi connectivity index (χ3v) is 4.18. The molecule has 1 heterocycles. The monoisotopic (exact) mass is 346 g/mol. The van der Waals surface area contributed by atoms with Crippen molar-refractivity contribution in [2.45, 2.75) is 52.1 Å². The largest absolute Gasteiger partial charge is 0.347 e. The average molecular weight is 346 g/mol. The molecule has 6 heteroatoms. The highest BCUT2D eigenvalue weighted by Gasteiger charge is 2.20. The molecule has 0 bridgehead atoms. The normalized spacial score (nSPS) is 18.5.